The third-order valence-corrected chi connectivity index (χ3v) is 3.96. The van der Waals surface area contributed by atoms with Crippen molar-refractivity contribution in [3.05, 3.63) is 35.9 Å². The fourth-order valence-corrected chi connectivity index (χ4v) is 2.88. The summed E-state index contributed by atoms with van der Waals surface area (Å²) < 4.78 is 28.1. The molecule has 4 nitrogen and oxygen atoms in total. The molecule has 1 unspecified atom stereocenters. The van der Waals surface area contributed by atoms with Crippen LogP contribution in [0.15, 0.2) is 30.3 Å². The number of sulfonamides is 1. The van der Waals surface area contributed by atoms with E-state index in [0.717, 1.165) is 5.56 Å². The van der Waals surface area contributed by atoms with Crippen LogP contribution in [0.2, 0.25) is 0 Å². The Bertz CT molecular complexity index is 477. The van der Waals surface area contributed by atoms with Gasteiger partial charge in [-0.25, -0.2) is 13.6 Å². The van der Waals surface area contributed by atoms with Crippen LogP contribution in [0.4, 0.5) is 0 Å². The molecule has 1 atom stereocenters. The van der Waals surface area contributed by atoms with E-state index in [0.29, 0.717) is 13.2 Å². The number of hydrogen-bond acceptors (Lipinski definition) is 3. The molecule has 108 valence electrons. The van der Waals surface area contributed by atoms with E-state index in [1.807, 2.05) is 51.1 Å². The van der Waals surface area contributed by atoms with E-state index in [1.165, 1.54) is 0 Å². The van der Waals surface area contributed by atoms with E-state index in [-0.39, 0.29) is 17.1 Å². The second-order valence-corrected chi connectivity index (χ2v) is 7.55. The molecule has 0 aliphatic carbocycles. The summed E-state index contributed by atoms with van der Waals surface area (Å²) in [7, 11) is -3.48. The maximum Gasteiger partial charge on any atom is 0.209 e. The Hall–Kier alpha value is -0.910. The lowest BCUT2D eigenvalue weighted by Crippen LogP contribution is -2.34. The summed E-state index contributed by atoms with van der Waals surface area (Å²) in [5.41, 5.74) is 0.911. The van der Waals surface area contributed by atoms with Crippen molar-refractivity contribution in [1.82, 2.24) is 0 Å². The standard InChI is InChI=1S/C14H23NO3S/c1-14(2,3)13(11-19(15,16)17)10-18-9-12-7-5-4-6-8-12/h4-8,13H,9-11H2,1-3H3,(H2,15,16,17). The lowest BCUT2D eigenvalue weighted by molar-refractivity contribution is 0.0552. The third-order valence-electron chi connectivity index (χ3n) is 3.09. The molecule has 0 spiro atoms. The number of hydrogen-bond donors (Lipinski definition) is 1. The molecular formula is C14H23NO3S. The van der Waals surface area contributed by atoms with Crippen molar-refractivity contribution >= 4 is 10.0 Å². The maximum atomic E-state index is 11.2. The van der Waals surface area contributed by atoms with E-state index in [1.54, 1.807) is 0 Å². The molecule has 0 radical (unpaired) electrons. The van der Waals surface area contributed by atoms with Gasteiger partial charge in [-0.1, -0.05) is 51.1 Å². The van der Waals surface area contributed by atoms with Gasteiger partial charge in [0.1, 0.15) is 0 Å². The van der Waals surface area contributed by atoms with Crippen LogP contribution in [0.3, 0.4) is 0 Å². The molecular weight excluding hydrogens is 262 g/mol. The second kappa shape index (κ2) is 6.50. The van der Waals surface area contributed by atoms with Gasteiger partial charge in [-0.15, -0.1) is 0 Å². The van der Waals surface area contributed by atoms with Crippen molar-refractivity contribution in [2.75, 3.05) is 12.4 Å². The van der Waals surface area contributed by atoms with Gasteiger partial charge in [0.15, 0.2) is 0 Å². The zero-order valence-corrected chi connectivity index (χ0v) is 12.6. The molecule has 0 bridgehead atoms. The van der Waals surface area contributed by atoms with Crippen LogP contribution in [0.25, 0.3) is 0 Å². The molecule has 5 heteroatoms. The van der Waals surface area contributed by atoms with Gasteiger partial charge in [-0.05, 0) is 11.0 Å². The van der Waals surface area contributed by atoms with Gasteiger partial charge in [0.25, 0.3) is 0 Å². The summed E-state index contributed by atoms with van der Waals surface area (Å²) in [4.78, 5) is 0. The van der Waals surface area contributed by atoms with Crippen LogP contribution in [-0.4, -0.2) is 20.8 Å². The first kappa shape index (κ1) is 16.1. The SMILES string of the molecule is CC(C)(C)C(COCc1ccccc1)CS(N)(=O)=O. The van der Waals surface area contributed by atoms with Crippen LogP contribution in [0.5, 0.6) is 0 Å². The summed E-state index contributed by atoms with van der Waals surface area (Å²) in [5.74, 6) is -0.170. The molecule has 1 aromatic rings. The summed E-state index contributed by atoms with van der Waals surface area (Å²) in [6.07, 6.45) is 0. The molecule has 1 aromatic carbocycles. The van der Waals surface area contributed by atoms with Crippen LogP contribution < -0.4 is 5.14 Å². The normalized spacial score (nSPS) is 14.3. The molecule has 2 N–H and O–H groups in total. The lowest BCUT2D eigenvalue weighted by Gasteiger charge is -2.29. The molecule has 0 saturated carbocycles. The molecule has 0 aliphatic rings. The predicted octanol–water partition coefficient (Wildman–Crippen LogP) is 2.15. The topological polar surface area (TPSA) is 69.4 Å². The highest BCUT2D eigenvalue weighted by atomic mass is 32.2. The maximum absolute atomic E-state index is 11.2. The summed E-state index contributed by atoms with van der Waals surface area (Å²) >= 11 is 0. The smallest absolute Gasteiger partial charge is 0.209 e. The Labute approximate surface area is 116 Å². The zero-order chi connectivity index (χ0) is 14.5. The molecule has 0 amide bonds. The fraction of sp³-hybridized carbons (Fsp3) is 0.571. The summed E-state index contributed by atoms with van der Waals surface area (Å²) in [5, 5.41) is 5.13. The number of primary sulfonamides is 1. The number of nitrogens with two attached hydrogens (primary N) is 1. The number of benzene rings is 1. The fourth-order valence-electron chi connectivity index (χ4n) is 1.72. The van der Waals surface area contributed by atoms with Crippen LogP contribution >= 0.6 is 0 Å². The molecule has 0 aliphatic heterocycles. The van der Waals surface area contributed by atoms with Crippen LogP contribution in [0, 0.1) is 11.3 Å². The predicted molar refractivity (Wildman–Crippen MR) is 77.0 cm³/mol. The van der Waals surface area contributed by atoms with Crippen molar-refractivity contribution in [2.24, 2.45) is 16.5 Å². The number of rotatable bonds is 6. The average Bonchev–Trinajstić information content (AvgIpc) is 2.26. The van der Waals surface area contributed by atoms with Gasteiger partial charge in [0, 0.05) is 5.92 Å². The number of ether oxygens (including phenoxy) is 1. The highest BCUT2D eigenvalue weighted by molar-refractivity contribution is 7.89. The lowest BCUT2D eigenvalue weighted by atomic mass is 9.82. The molecule has 0 heterocycles. The minimum absolute atomic E-state index is 0.0503. The van der Waals surface area contributed by atoms with Crippen molar-refractivity contribution in [3.63, 3.8) is 0 Å². The molecule has 0 saturated heterocycles. The average molecular weight is 285 g/mol. The van der Waals surface area contributed by atoms with E-state index in [2.05, 4.69) is 0 Å². The van der Waals surface area contributed by atoms with Gasteiger partial charge in [0.05, 0.1) is 19.0 Å². The third kappa shape index (κ3) is 6.71. The van der Waals surface area contributed by atoms with E-state index in [4.69, 9.17) is 9.88 Å². The van der Waals surface area contributed by atoms with Crippen LogP contribution in [0.1, 0.15) is 26.3 Å². The van der Waals surface area contributed by atoms with Crippen molar-refractivity contribution in [1.29, 1.82) is 0 Å². The molecule has 1 rings (SSSR count). The minimum Gasteiger partial charge on any atom is -0.376 e. The van der Waals surface area contributed by atoms with Gasteiger partial charge < -0.3 is 4.74 Å². The van der Waals surface area contributed by atoms with Gasteiger partial charge >= 0.3 is 0 Å². The molecule has 19 heavy (non-hydrogen) atoms. The van der Waals surface area contributed by atoms with E-state index < -0.39 is 10.0 Å². The van der Waals surface area contributed by atoms with Gasteiger partial charge in [-0.3, -0.25) is 0 Å². The van der Waals surface area contributed by atoms with E-state index in [9.17, 15) is 8.42 Å². The highest BCUT2D eigenvalue weighted by Gasteiger charge is 2.28. The van der Waals surface area contributed by atoms with Crippen molar-refractivity contribution in [2.45, 2.75) is 27.4 Å². The monoisotopic (exact) mass is 285 g/mol. The van der Waals surface area contributed by atoms with E-state index >= 15 is 0 Å². The second-order valence-electron chi connectivity index (χ2n) is 5.89. The zero-order valence-electron chi connectivity index (χ0n) is 11.8. The Balaban J connectivity index is 2.55. The van der Waals surface area contributed by atoms with Crippen molar-refractivity contribution < 1.29 is 13.2 Å². The Morgan fingerprint density at radius 1 is 1.21 bits per heavy atom. The van der Waals surface area contributed by atoms with Crippen molar-refractivity contribution in [3.8, 4) is 0 Å². The largest absolute Gasteiger partial charge is 0.376 e. The summed E-state index contributed by atoms with van der Waals surface area (Å²) in [6, 6.07) is 9.80. The first-order chi connectivity index (χ1) is 8.68. The first-order valence-electron chi connectivity index (χ1n) is 6.30. The highest BCUT2D eigenvalue weighted by Crippen LogP contribution is 2.27. The van der Waals surface area contributed by atoms with Crippen LogP contribution in [-0.2, 0) is 21.4 Å². The summed E-state index contributed by atoms with van der Waals surface area (Å²) in [6.45, 7) is 6.85. The quantitative estimate of drug-likeness (QED) is 0.870. The van der Waals surface area contributed by atoms with Gasteiger partial charge in [-0.2, -0.15) is 0 Å². The Morgan fingerprint density at radius 2 is 1.79 bits per heavy atom. The Morgan fingerprint density at radius 3 is 2.26 bits per heavy atom. The minimum atomic E-state index is -3.48. The first-order valence-corrected chi connectivity index (χ1v) is 8.02. The Kier molecular flexibility index (Phi) is 5.52. The van der Waals surface area contributed by atoms with Gasteiger partial charge in [0.2, 0.25) is 10.0 Å². The molecule has 0 aromatic heterocycles. The molecule has 0 fully saturated rings.